The summed E-state index contributed by atoms with van der Waals surface area (Å²) in [5.41, 5.74) is 0.411. The van der Waals surface area contributed by atoms with Gasteiger partial charge in [-0.2, -0.15) is 0 Å². The van der Waals surface area contributed by atoms with E-state index in [2.05, 4.69) is 4.72 Å². The van der Waals surface area contributed by atoms with Crippen molar-refractivity contribution in [3.05, 3.63) is 18.2 Å². The average molecular weight is 231 g/mol. The van der Waals surface area contributed by atoms with Crippen molar-refractivity contribution in [3.8, 4) is 11.5 Å². The lowest BCUT2D eigenvalue weighted by molar-refractivity contribution is 0.395. The standard InChI is InChI=1S/C9H13NO4S/c1-13-8-4-7(10-15(3,11)12)5-9(6-8)14-2/h4-6,10H,1-3H3. The molecule has 0 radical (unpaired) electrons. The molecule has 0 aromatic heterocycles. The van der Waals surface area contributed by atoms with Crippen molar-refractivity contribution < 1.29 is 17.9 Å². The minimum atomic E-state index is -3.29. The number of hydrogen-bond donors (Lipinski definition) is 1. The Morgan fingerprint density at radius 1 is 1.07 bits per heavy atom. The van der Waals surface area contributed by atoms with Crippen LogP contribution in [-0.2, 0) is 10.0 Å². The van der Waals surface area contributed by atoms with E-state index >= 15 is 0 Å². The number of sulfonamides is 1. The fourth-order valence-electron chi connectivity index (χ4n) is 1.08. The van der Waals surface area contributed by atoms with Gasteiger partial charge in [-0.15, -0.1) is 0 Å². The number of anilines is 1. The van der Waals surface area contributed by atoms with E-state index in [9.17, 15) is 8.42 Å². The van der Waals surface area contributed by atoms with Crippen LogP contribution in [0.1, 0.15) is 0 Å². The second-order valence-corrected chi connectivity index (χ2v) is 4.72. The fraction of sp³-hybridized carbons (Fsp3) is 0.333. The molecule has 0 bridgehead atoms. The maximum atomic E-state index is 11.0. The van der Waals surface area contributed by atoms with Gasteiger partial charge in [-0.25, -0.2) is 8.42 Å². The molecule has 15 heavy (non-hydrogen) atoms. The molecule has 0 saturated carbocycles. The molecule has 0 spiro atoms. The summed E-state index contributed by atoms with van der Waals surface area (Å²) < 4.78 is 34.4. The predicted molar refractivity (Wildman–Crippen MR) is 58.0 cm³/mol. The third-order valence-corrected chi connectivity index (χ3v) is 2.26. The minimum absolute atomic E-state index is 0.411. The fourth-order valence-corrected chi connectivity index (χ4v) is 1.63. The highest BCUT2D eigenvalue weighted by atomic mass is 32.2. The number of methoxy groups -OCH3 is 2. The SMILES string of the molecule is COc1cc(NS(C)(=O)=O)cc(OC)c1. The first-order chi connectivity index (χ1) is 6.94. The minimum Gasteiger partial charge on any atom is -0.497 e. The van der Waals surface area contributed by atoms with Crippen LogP contribution in [0.5, 0.6) is 11.5 Å². The first-order valence-electron chi connectivity index (χ1n) is 4.15. The van der Waals surface area contributed by atoms with Crippen LogP contribution in [0.3, 0.4) is 0 Å². The Morgan fingerprint density at radius 2 is 1.53 bits per heavy atom. The molecule has 0 aliphatic heterocycles. The van der Waals surface area contributed by atoms with Crippen molar-refractivity contribution in [1.82, 2.24) is 0 Å². The van der Waals surface area contributed by atoms with Gasteiger partial charge in [0.1, 0.15) is 11.5 Å². The first kappa shape index (κ1) is 11.6. The van der Waals surface area contributed by atoms with Gasteiger partial charge < -0.3 is 9.47 Å². The summed E-state index contributed by atoms with van der Waals surface area (Å²) in [5.74, 6) is 1.06. The van der Waals surface area contributed by atoms with Crippen LogP contribution < -0.4 is 14.2 Å². The van der Waals surface area contributed by atoms with E-state index in [0.717, 1.165) is 6.26 Å². The molecule has 1 aromatic rings. The second-order valence-electron chi connectivity index (χ2n) is 2.98. The molecule has 0 fully saturated rings. The van der Waals surface area contributed by atoms with Crippen LogP contribution in [0, 0.1) is 0 Å². The lowest BCUT2D eigenvalue weighted by Crippen LogP contribution is -2.09. The molecule has 5 nitrogen and oxygen atoms in total. The molecular weight excluding hydrogens is 218 g/mol. The Bertz CT molecular complexity index is 419. The second kappa shape index (κ2) is 4.39. The number of benzene rings is 1. The average Bonchev–Trinajstić information content (AvgIpc) is 2.14. The molecule has 0 aliphatic rings. The Balaban J connectivity index is 3.07. The third-order valence-electron chi connectivity index (χ3n) is 1.65. The highest BCUT2D eigenvalue weighted by molar-refractivity contribution is 7.92. The van der Waals surface area contributed by atoms with Gasteiger partial charge in [0.05, 0.1) is 26.2 Å². The molecule has 0 atom stereocenters. The largest absolute Gasteiger partial charge is 0.497 e. The van der Waals surface area contributed by atoms with Gasteiger partial charge in [0.25, 0.3) is 0 Å². The Labute approximate surface area is 89.1 Å². The van der Waals surface area contributed by atoms with Gasteiger partial charge in [0, 0.05) is 18.2 Å². The van der Waals surface area contributed by atoms with Gasteiger partial charge in [0.15, 0.2) is 0 Å². The number of ether oxygens (including phenoxy) is 2. The number of rotatable bonds is 4. The van der Waals surface area contributed by atoms with E-state index in [0.29, 0.717) is 17.2 Å². The van der Waals surface area contributed by atoms with E-state index in [1.54, 1.807) is 18.2 Å². The highest BCUT2D eigenvalue weighted by Crippen LogP contribution is 2.26. The van der Waals surface area contributed by atoms with Crippen LogP contribution in [0.15, 0.2) is 18.2 Å². The monoisotopic (exact) mass is 231 g/mol. The molecule has 1 N–H and O–H groups in total. The van der Waals surface area contributed by atoms with Crippen molar-refractivity contribution in [2.75, 3.05) is 25.2 Å². The Kier molecular flexibility index (Phi) is 3.41. The van der Waals surface area contributed by atoms with Gasteiger partial charge in [-0.1, -0.05) is 0 Å². The maximum absolute atomic E-state index is 11.0. The van der Waals surface area contributed by atoms with E-state index in [1.165, 1.54) is 14.2 Å². The zero-order chi connectivity index (χ0) is 11.5. The zero-order valence-corrected chi connectivity index (χ0v) is 9.59. The normalized spacial score (nSPS) is 10.9. The summed E-state index contributed by atoms with van der Waals surface area (Å²) in [4.78, 5) is 0. The molecule has 84 valence electrons. The zero-order valence-electron chi connectivity index (χ0n) is 8.77. The van der Waals surface area contributed by atoms with Crippen molar-refractivity contribution in [2.45, 2.75) is 0 Å². The van der Waals surface area contributed by atoms with Crippen LogP contribution in [-0.4, -0.2) is 28.9 Å². The van der Waals surface area contributed by atoms with Crippen molar-refractivity contribution in [1.29, 1.82) is 0 Å². The summed E-state index contributed by atoms with van der Waals surface area (Å²) in [6.45, 7) is 0. The Hall–Kier alpha value is -1.43. The third kappa shape index (κ3) is 3.67. The van der Waals surface area contributed by atoms with Crippen LogP contribution in [0.4, 0.5) is 5.69 Å². The summed E-state index contributed by atoms with van der Waals surface area (Å²) in [7, 11) is -0.290. The summed E-state index contributed by atoms with van der Waals surface area (Å²) >= 11 is 0. The van der Waals surface area contributed by atoms with E-state index in [-0.39, 0.29) is 0 Å². The molecular formula is C9H13NO4S. The van der Waals surface area contributed by atoms with Crippen molar-refractivity contribution in [2.24, 2.45) is 0 Å². The molecule has 0 aliphatic carbocycles. The van der Waals surface area contributed by atoms with Crippen LogP contribution in [0.2, 0.25) is 0 Å². The molecule has 6 heteroatoms. The smallest absolute Gasteiger partial charge is 0.229 e. The van der Waals surface area contributed by atoms with E-state index < -0.39 is 10.0 Å². The van der Waals surface area contributed by atoms with Gasteiger partial charge in [-0.05, 0) is 0 Å². The number of hydrogen-bond acceptors (Lipinski definition) is 4. The highest BCUT2D eigenvalue weighted by Gasteiger charge is 2.05. The van der Waals surface area contributed by atoms with Crippen molar-refractivity contribution in [3.63, 3.8) is 0 Å². The predicted octanol–water partition coefficient (Wildman–Crippen LogP) is 1.08. The molecule has 0 unspecified atom stereocenters. The number of nitrogens with one attached hydrogen (secondary N) is 1. The Morgan fingerprint density at radius 3 is 1.87 bits per heavy atom. The summed E-state index contributed by atoms with van der Waals surface area (Å²) in [5, 5.41) is 0. The van der Waals surface area contributed by atoms with Crippen molar-refractivity contribution >= 4 is 15.7 Å². The maximum Gasteiger partial charge on any atom is 0.229 e. The molecule has 0 saturated heterocycles. The first-order valence-corrected chi connectivity index (χ1v) is 6.04. The lowest BCUT2D eigenvalue weighted by atomic mass is 10.3. The summed E-state index contributed by atoms with van der Waals surface area (Å²) in [6.07, 6.45) is 1.08. The van der Waals surface area contributed by atoms with E-state index in [1.807, 2.05) is 0 Å². The summed E-state index contributed by atoms with van der Waals surface area (Å²) in [6, 6.07) is 4.81. The van der Waals surface area contributed by atoms with Crippen LogP contribution >= 0.6 is 0 Å². The molecule has 1 rings (SSSR count). The molecule has 0 heterocycles. The molecule has 0 amide bonds. The quantitative estimate of drug-likeness (QED) is 0.842. The van der Waals surface area contributed by atoms with Gasteiger partial charge >= 0.3 is 0 Å². The van der Waals surface area contributed by atoms with Crippen LogP contribution in [0.25, 0.3) is 0 Å². The topological polar surface area (TPSA) is 64.6 Å². The van der Waals surface area contributed by atoms with Gasteiger partial charge in [0.2, 0.25) is 10.0 Å². The van der Waals surface area contributed by atoms with Gasteiger partial charge in [-0.3, -0.25) is 4.72 Å². The lowest BCUT2D eigenvalue weighted by Gasteiger charge is -2.08. The van der Waals surface area contributed by atoms with E-state index in [4.69, 9.17) is 9.47 Å². The molecule has 1 aromatic carbocycles.